The van der Waals surface area contributed by atoms with Crippen molar-refractivity contribution >= 4 is 11.5 Å². The average Bonchev–Trinajstić information content (AvgIpc) is 2.45. The third kappa shape index (κ3) is 3.15. The fraction of sp³-hybridized carbons (Fsp3) is 0.188. The van der Waals surface area contributed by atoms with Crippen molar-refractivity contribution in [2.75, 3.05) is 18.5 Å². The van der Waals surface area contributed by atoms with Crippen molar-refractivity contribution in [3.8, 4) is 0 Å². The van der Waals surface area contributed by atoms with Gasteiger partial charge >= 0.3 is 0 Å². The molecular weight excluding hydrogens is 253 g/mol. The van der Waals surface area contributed by atoms with Gasteiger partial charge in [0.05, 0.1) is 11.3 Å². The van der Waals surface area contributed by atoms with Crippen LogP contribution in [0.3, 0.4) is 0 Å². The van der Waals surface area contributed by atoms with Crippen molar-refractivity contribution < 1.29 is 4.39 Å². The number of hydrogen-bond donors (Lipinski definition) is 2. The predicted molar refractivity (Wildman–Crippen MR) is 80.8 cm³/mol. The molecule has 0 radical (unpaired) electrons. The number of benzene rings is 2. The Bertz CT molecular complexity index is 596. The van der Waals surface area contributed by atoms with Crippen LogP contribution in [0.15, 0.2) is 48.5 Å². The van der Waals surface area contributed by atoms with Crippen molar-refractivity contribution in [1.82, 2.24) is 0 Å². The standard InChI is InChI=1S/C16H18FN3/c1-20(11-10-12-6-3-2-4-7-12)14-9-5-8-13(17)15(14)16(18)19/h2-9H,10-11H2,1H3,(H3,18,19). The summed E-state index contributed by atoms with van der Waals surface area (Å²) in [5.41, 5.74) is 7.52. The molecule has 0 saturated heterocycles. The molecule has 4 heteroatoms. The summed E-state index contributed by atoms with van der Waals surface area (Å²) in [7, 11) is 1.88. The van der Waals surface area contributed by atoms with Gasteiger partial charge in [-0.2, -0.15) is 0 Å². The van der Waals surface area contributed by atoms with Crippen molar-refractivity contribution in [2.24, 2.45) is 5.73 Å². The van der Waals surface area contributed by atoms with E-state index in [-0.39, 0.29) is 11.4 Å². The fourth-order valence-electron chi connectivity index (χ4n) is 2.16. The van der Waals surface area contributed by atoms with E-state index < -0.39 is 5.82 Å². The maximum atomic E-state index is 13.8. The Hall–Kier alpha value is -2.36. The summed E-state index contributed by atoms with van der Waals surface area (Å²) in [4.78, 5) is 1.92. The van der Waals surface area contributed by atoms with E-state index in [2.05, 4.69) is 12.1 Å². The van der Waals surface area contributed by atoms with Gasteiger partial charge in [-0.25, -0.2) is 4.39 Å². The number of nitrogens with one attached hydrogen (secondary N) is 1. The Balaban J connectivity index is 2.15. The molecule has 0 atom stereocenters. The van der Waals surface area contributed by atoms with E-state index in [1.165, 1.54) is 11.6 Å². The molecule has 2 aromatic rings. The number of likely N-dealkylation sites (N-methyl/N-ethyl adjacent to an activating group) is 1. The minimum atomic E-state index is -0.457. The second kappa shape index (κ2) is 6.19. The minimum Gasteiger partial charge on any atom is -0.384 e. The zero-order chi connectivity index (χ0) is 14.5. The number of hydrogen-bond acceptors (Lipinski definition) is 2. The number of nitrogen functional groups attached to an aromatic ring is 1. The first-order valence-corrected chi connectivity index (χ1v) is 6.47. The molecule has 0 unspecified atom stereocenters. The van der Waals surface area contributed by atoms with Gasteiger partial charge in [0.1, 0.15) is 11.7 Å². The SMILES string of the molecule is CN(CCc1ccccc1)c1cccc(F)c1C(=N)N. The van der Waals surface area contributed by atoms with E-state index in [0.717, 1.165) is 13.0 Å². The molecule has 20 heavy (non-hydrogen) atoms. The van der Waals surface area contributed by atoms with Crippen LogP contribution in [0, 0.1) is 11.2 Å². The fourth-order valence-corrected chi connectivity index (χ4v) is 2.16. The van der Waals surface area contributed by atoms with Gasteiger partial charge in [0.15, 0.2) is 0 Å². The summed E-state index contributed by atoms with van der Waals surface area (Å²) in [6.45, 7) is 0.730. The largest absolute Gasteiger partial charge is 0.384 e. The average molecular weight is 271 g/mol. The second-order valence-corrected chi connectivity index (χ2v) is 4.70. The zero-order valence-electron chi connectivity index (χ0n) is 11.4. The smallest absolute Gasteiger partial charge is 0.136 e. The molecular formula is C16H18FN3. The van der Waals surface area contributed by atoms with Gasteiger partial charge in [-0.3, -0.25) is 5.41 Å². The number of nitrogens with two attached hydrogens (primary N) is 1. The van der Waals surface area contributed by atoms with Crippen molar-refractivity contribution in [2.45, 2.75) is 6.42 Å². The zero-order valence-corrected chi connectivity index (χ0v) is 11.4. The topological polar surface area (TPSA) is 53.1 Å². The van der Waals surface area contributed by atoms with Crippen molar-refractivity contribution in [1.29, 1.82) is 5.41 Å². The van der Waals surface area contributed by atoms with Crippen LogP contribution in [-0.2, 0) is 6.42 Å². The Morgan fingerprint density at radius 3 is 2.50 bits per heavy atom. The third-order valence-electron chi connectivity index (χ3n) is 3.25. The second-order valence-electron chi connectivity index (χ2n) is 4.70. The lowest BCUT2D eigenvalue weighted by atomic mass is 10.1. The molecule has 104 valence electrons. The predicted octanol–water partition coefficient (Wildman–Crippen LogP) is 2.79. The summed E-state index contributed by atoms with van der Waals surface area (Å²) in [6, 6.07) is 14.8. The highest BCUT2D eigenvalue weighted by molar-refractivity contribution is 6.00. The maximum Gasteiger partial charge on any atom is 0.136 e. The first-order valence-electron chi connectivity index (χ1n) is 6.47. The van der Waals surface area contributed by atoms with E-state index in [9.17, 15) is 4.39 Å². The number of rotatable bonds is 5. The Morgan fingerprint density at radius 1 is 1.15 bits per heavy atom. The Kier molecular flexibility index (Phi) is 4.35. The molecule has 0 aliphatic carbocycles. The lowest BCUT2D eigenvalue weighted by Crippen LogP contribution is -2.25. The highest BCUT2D eigenvalue weighted by atomic mass is 19.1. The molecule has 0 heterocycles. The van der Waals surface area contributed by atoms with Crippen LogP contribution in [0.4, 0.5) is 10.1 Å². The summed E-state index contributed by atoms with van der Waals surface area (Å²) in [6.07, 6.45) is 0.852. The number of halogens is 1. The summed E-state index contributed by atoms with van der Waals surface area (Å²) in [5.74, 6) is -0.703. The van der Waals surface area contributed by atoms with Gasteiger partial charge in [-0.05, 0) is 24.1 Å². The monoisotopic (exact) mass is 271 g/mol. The van der Waals surface area contributed by atoms with E-state index >= 15 is 0 Å². The lowest BCUT2D eigenvalue weighted by molar-refractivity contribution is 0.624. The van der Waals surface area contributed by atoms with Crippen LogP contribution in [0.25, 0.3) is 0 Å². The molecule has 3 nitrogen and oxygen atoms in total. The molecule has 0 aromatic heterocycles. The number of amidine groups is 1. The first-order chi connectivity index (χ1) is 9.59. The van der Waals surface area contributed by atoms with E-state index in [1.54, 1.807) is 12.1 Å². The third-order valence-corrected chi connectivity index (χ3v) is 3.25. The number of anilines is 1. The van der Waals surface area contributed by atoms with E-state index in [4.69, 9.17) is 11.1 Å². The van der Waals surface area contributed by atoms with Gasteiger partial charge < -0.3 is 10.6 Å². The van der Waals surface area contributed by atoms with Gasteiger partial charge in [-0.1, -0.05) is 36.4 Å². The maximum absolute atomic E-state index is 13.8. The van der Waals surface area contributed by atoms with Crippen LogP contribution in [-0.4, -0.2) is 19.4 Å². The molecule has 0 saturated carbocycles. The molecule has 2 aromatic carbocycles. The van der Waals surface area contributed by atoms with Gasteiger partial charge in [0, 0.05) is 13.6 Å². The molecule has 0 bridgehead atoms. The Morgan fingerprint density at radius 2 is 1.85 bits per heavy atom. The molecule has 3 N–H and O–H groups in total. The molecule has 0 spiro atoms. The van der Waals surface area contributed by atoms with Crippen molar-refractivity contribution in [3.63, 3.8) is 0 Å². The van der Waals surface area contributed by atoms with Gasteiger partial charge in [0.2, 0.25) is 0 Å². The number of nitrogens with zero attached hydrogens (tertiary/aromatic N) is 1. The molecule has 0 fully saturated rings. The summed E-state index contributed by atoms with van der Waals surface area (Å²) < 4.78 is 13.8. The van der Waals surface area contributed by atoms with Crippen molar-refractivity contribution in [3.05, 3.63) is 65.5 Å². The van der Waals surface area contributed by atoms with Gasteiger partial charge in [0.25, 0.3) is 0 Å². The summed E-state index contributed by atoms with van der Waals surface area (Å²) in [5, 5.41) is 7.52. The normalized spacial score (nSPS) is 10.3. The van der Waals surface area contributed by atoms with Crippen LogP contribution in [0.5, 0.6) is 0 Å². The van der Waals surface area contributed by atoms with E-state index in [0.29, 0.717) is 5.69 Å². The van der Waals surface area contributed by atoms with Crippen LogP contribution >= 0.6 is 0 Å². The highest BCUT2D eigenvalue weighted by Crippen LogP contribution is 2.22. The molecule has 2 rings (SSSR count). The lowest BCUT2D eigenvalue weighted by Gasteiger charge is -2.22. The summed E-state index contributed by atoms with van der Waals surface area (Å²) >= 11 is 0. The minimum absolute atomic E-state index is 0.170. The quantitative estimate of drug-likeness (QED) is 0.649. The highest BCUT2D eigenvalue weighted by Gasteiger charge is 2.14. The van der Waals surface area contributed by atoms with Crippen LogP contribution in [0.2, 0.25) is 0 Å². The van der Waals surface area contributed by atoms with Crippen LogP contribution in [0.1, 0.15) is 11.1 Å². The molecule has 0 aliphatic rings. The first kappa shape index (κ1) is 14.1. The molecule has 0 aliphatic heterocycles. The molecule has 0 amide bonds. The van der Waals surface area contributed by atoms with E-state index in [1.807, 2.05) is 30.1 Å². The van der Waals surface area contributed by atoms with Crippen LogP contribution < -0.4 is 10.6 Å². The Labute approximate surface area is 118 Å². The van der Waals surface area contributed by atoms with Gasteiger partial charge in [-0.15, -0.1) is 0 Å².